The maximum absolute atomic E-state index is 11.0. The Morgan fingerprint density at radius 1 is 1.50 bits per heavy atom. The lowest BCUT2D eigenvalue weighted by atomic mass is 10.0. The lowest BCUT2D eigenvalue weighted by molar-refractivity contribution is 0.255. The van der Waals surface area contributed by atoms with Crippen molar-refractivity contribution in [3.05, 3.63) is 29.8 Å². The molecule has 0 aliphatic heterocycles. The average Bonchev–Trinajstić information content (AvgIpc) is 2.95. The summed E-state index contributed by atoms with van der Waals surface area (Å²) < 4.78 is 0. The number of nitrogens with zero attached hydrogens (tertiary/aromatic N) is 1. The lowest BCUT2D eigenvalue weighted by Gasteiger charge is -2.16. The molecule has 0 heterocycles. The topological polar surface area (TPSA) is 72.3 Å². The summed E-state index contributed by atoms with van der Waals surface area (Å²) in [5.74, 6) is 0. The highest BCUT2D eigenvalue weighted by Gasteiger charge is 2.37. The van der Waals surface area contributed by atoms with Gasteiger partial charge < -0.3 is 11.5 Å². The van der Waals surface area contributed by atoms with Crippen LogP contribution in [0.15, 0.2) is 24.3 Å². The Morgan fingerprint density at radius 3 is 2.75 bits per heavy atom. The number of hydrogen-bond acceptors (Lipinski definition) is 2. The van der Waals surface area contributed by atoms with Crippen LogP contribution in [0.2, 0.25) is 0 Å². The SMILES string of the molecule is CN(C(N)=O)c1cccc(CC2(N)CC2)c1. The zero-order chi connectivity index (χ0) is 11.8. The molecule has 1 fully saturated rings. The van der Waals surface area contributed by atoms with E-state index in [0.29, 0.717) is 0 Å². The van der Waals surface area contributed by atoms with E-state index < -0.39 is 6.03 Å². The minimum absolute atomic E-state index is 0.0100. The summed E-state index contributed by atoms with van der Waals surface area (Å²) in [7, 11) is 1.66. The fraction of sp³-hybridized carbons (Fsp3) is 0.417. The number of primary amides is 1. The van der Waals surface area contributed by atoms with Crippen molar-refractivity contribution in [1.29, 1.82) is 0 Å². The zero-order valence-electron chi connectivity index (χ0n) is 9.44. The number of amides is 2. The predicted octanol–water partition coefficient (Wildman–Crippen LogP) is 1.24. The van der Waals surface area contributed by atoms with Gasteiger partial charge >= 0.3 is 6.03 Å². The number of hydrogen-bond donors (Lipinski definition) is 2. The van der Waals surface area contributed by atoms with Crippen molar-refractivity contribution < 1.29 is 4.79 Å². The molecule has 2 rings (SSSR count). The highest BCUT2D eigenvalue weighted by Crippen LogP contribution is 2.36. The molecule has 0 saturated heterocycles. The number of urea groups is 1. The molecule has 1 aliphatic carbocycles. The average molecular weight is 219 g/mol. The van der Waals surface area contributed by atoms with Gasteiger partial charge in [0.15, 0.2) is 0 Å². The minimum Gasteiger partial charge on any atom is -0.351 e. The quantitative estimate of drug-likeness (QED) is 0.802. The van der Waals surface area contributed by atoms with Crippen LogP contribution in [0.4, 0.5) is 10.5 Å². The van der Waals surface area contributed by atoms with Crippen LogP contribution >= 0.6 is 0 Å². The molecular formula is C12H17N3O. The zero-order valence-corrected chi connectivity index (χ0v) is 9.44. The first kappa shape index (κ1) is 11.0. The van der Waals surface area contributed by atoms with Crippen molar-refractivity contribution in [3.63, 3.8) is 0 Å². The van der Waals surface area contributed by atoms with Crippen molar-refractivity contribution in [1.82, 2.24) is 0 Å². The van der Waals surface area contributed by atoms with Crippen molar-refractivity contribution in [2.75, 3.05) is 11.9 Å². The molecule has 0 radical (unpaired) electrons. The van der Waals surface area contributed by atoms with Gasteiger partial charge in [-0.1, -0.05) is 12.1 Å². The van der Waals surface area contributed by atoms with Crippen LogP contribution in [-0.2, 0) is 6.42 Å². The maximum atomic E-state index is 11.0. The first-order valence-electron chi connectivity index (χ1n) is 5.41. The number of carbonyl (C=O) groups excluding carboxylic acids is 1. The Hall–Kier alpha value is -1.55. The monoisotopic (exact) mass is 219 g/mol. The summed E-state index contributed by atoms with van der Waals surface area (Å²) in [6, 6.07) is 7.34. The Labute approximate surface area is 95.2 Å². The van der Waals surface area contributed by atoms with Crippen molar-refractivity contribution in [2.45, 2.75) is 24.8 Å². The van der Waals surface area contributed by atoms with Crippen molar-refractivity contribution in [3.8, 4) is 0 Å². The van der Waals surface area contributed by atoms with Gasteiger partial charge in [0.1, 0.15) is 0 Å². The predicted molar refractivity (Wildman–Crippen MR) is 64.3 cm³/mol. The van der Waals surface area contributed by atoms with Crippen LogP contribution in [0, 0.1) is 0 Å². The molecule has 0 atom stereocenters. The van der Waals surface area contributed by atoms with Crippen LogP contribution in [-0.4, -0.2) is 18.6 Å². The molecule has 1 aliphatic rings. The van der Waals surface area contributed by atoms with E-state index in [1.165, 1.54) is 4.90 Å². The van der Waals surface area contributed by atoms with Gasteiger partial charge in [-0.25, -0.2) is 4.79 Å². The first-order valence-corrected chi connectivity index (χ1v) is 5.41. The second kappa shape index (κ2) is 3.79. The van der Waals surface area contributed by atoms with Gasteiger partial charge in [0, 0.05) is 18.3 Å². The molecule has 4 heteroatoms. The first-order chi connectivity index (χ1) is 7.50. The molecule has 1 aromatic carbocycles. The largest absolute Gasteiger partial charge is 0.351 e. The lowest BCUT2D eigenvalue weighted by Crippen LogP contribution is -2.32. The van der Waals surface area contributed by atoms with E-state index in [4.69, 9.17) is 11.5 Å². The second-order valence-electron chi connectivity index (χ2n) is 4.61. The van der Waals surface area contributed by atoms with E-state index in [0.717, 1.165) is 30.5 Å². The van der Waals surface area contributed by atoms with Gasteiger partial charge in [-0.2, -0.15) is 0 Å². The Bertz CT molecular complexity index is 412. The van der Waals surface area contributed by atoms with Gasteiger partial charge in [0.05, 0.1) is 0 Å². The van der Waals surface area contributed by atoms with Crippen molar-refractivity contribution in [2.24, 2.45) is 11.5 Å². The second-order valence-corrected chi connectivity index (χ2v) is 4.61. The summed E-state index contributed by atoms with van der Waals surface area (Å²) >= 11 is 0. The molecule has 4 N–H and O–H groups in total. The van der Waals surface area contributed by atoms with E-state index in [-0.39, 0.29) is 5.54 Å². The Kier molecular flexibility index (Phi) is 2.59. The van der Waals surface area contributed by atoms with Gasteiger partial charge in [0.25, 0.3) is 0 Å². The molecule has 4 nitrogen and oxygen atoms in total. The van der Waals surface area contributed by atoms with E-state index in [2.05, 4.69) is 0 Å². The van der Waals surface area contributed by atoms with Crippen LogP contribution in [0.3, 0.4) is 0 Å². The van der Waals surface area contributed by atoms with Crippen LogP contribution < -0.4 is 16.4 Å². The number of rotatable bonds is 3. The standard InChI is InChI=1S/C12H17N3O/c1-15(11(13)16)10-4-2-3-9(7-10)8-12(14)5-6-12/h2-4,7H,5-6,8,14H2,1H3,(H2,13,16). The third kappa shape index (κ3) is 2.33. The van der Waals surface area contributed by atoms with Crippen LogP contribution in [0.1, 0.15) is 18.4 Å². The summed E-state index contributed by atoms with van der Waals surface area (Å²) in [5.41, 5.74) is 13.2. The molecule has 1 aromatic rings. The third-order valence-corrected chi connectivity index (χ3v) is 3.08. The van der Waals surface area contributed by atoms with Crippen LogP contribution in [0.25, 0.3) is 0 Å². The normalized spacial score (nSPS) is 16.9. The Balaban J connectivity index is 2.15. The smallest absolute Gasteiger partial charge is 0.318 e. The maximum Gasteiger partial charge on any atom is 0.318 e. The number of anilines is 1. The third-order valence-electron chi connectivity index (χ3n) is 3.08. The molecule has 0 spiro atoms. The van der Waals surface area contributed by atoms with E-state index in [9.17, 15) is 4.79 Å². The summed E-state index contributed by atoms with van der Waals surface area (Å²) in [4.78, 5) is 12.5. The number of carbonyl (C=O) groups is 1. The summed E-state index contributed by atoms with van der Waals surface area (Å²) in [6.45, 7) is 0. The molecule has 0 bridgehead atoms. The van der Waals surface area contributed by atoms with Gasteiger partial charge in [0.2, 0.25) is 0 Å². The molecule has 86 valence electrons. The molecule has 0 aromatic heterocycles. The van der Waals surface area contributed by atoms with E-state index in [1.807, 2.05) is 24.3 Å². The Morgan fingerprint density at radius 2 is 2.19 bits per heavy atom. The summed E-state index contributed by atoms with van der Waals surface area (Å²) in [6.07, 6.45) is 3.04. The fourth-order valence-corrected chi connectivity index (χ4v) is 1.75. The number of nitrogens with two attached hydrogens (primary N) is 2. The summed E-state index contributed by atoms with van der Waals surface area (Å²) in [5, 5.41) is 0. The van der Waals surface area contributed by atoms with Crippen LogP contribution in [0.5, 0.6) is 0 Å². The molecular weight excluding hydrogens is 202 g/mol. The van der Waals surface area contributed by atoms with Crippen molar-refractivity contribution >= 4 is 11.7 Å². The highest BCUT2D eigenvalue weighted by molar-refractivity contribution is 5.90. The highest BCUT2D eigenvalue weighted by atomic mass is 16.2. The van der Waals surface area contributed by atoms with Gasteiger partial charge in [-0.05, 0) is 37.0 Å². The fourth-order valence-electron chi connectivity index (χ4n) is 1.75. The van der Waals surface area contributed by atoms with E-state index >= 15 is 0 Å². The van der Waals surface area contributed by atoms with Gasteiger partial charge in [-0.3, -0.25) is 4.90 Å². The van der Waals surface area contributed by atoms with Gasteiger partial charge in [-0.15, -0.1) is 0 Å². The molecule has 2 amide bonds. The number of benzene rings is 1. The molecule has 16 heavy (non-hydrogen) atoms. The molecule has 0 unspecified atom stereocenters. The van der Waals surface area contributed by atoms with E-state index in [1.54, 1.807) is 7.05 Å². The minimum atomic E-state index is -0.453. The molecule has 1 saturated carbocycles.